The van der Waals surface area contributed by atoms with E-state index < -0.39 is 0 Å². The van der Waals surface area contributed by atoms with Crippen LogP contribution < -0.4 is 10.1 Å². The van der Waals surface area contributed by atoms with Crippen molar-refractivity contribution in [3.63, 3.8) is 0 Å². The second-order valence-corrected chi connectivity index (χ2v) is 6.66. The molecule has 2 nitrogen and oxygen atoms in total. The summed E-state index contributed by atoms with van der Waals surface area (Å²) in [6, 6.07) is 4.66. The van der Waals surface area contributed by atoms with Gasteiger partial charge in [0.2, 0.25) is 0 Å². The molecule has 1 aromatic rings. The highest BCUT2D eigenvalue weighted by Crippen LogP contribution is 2.33. The molecule has 1 aromatic carbocycles. The average Bonchev–Trinajstić information content (AvgIpc) is 2.93. The van der Waals surface area contributed by atoms with Crippen molar-refractivity contribution in [3.8, 4) is 5.75 Å². The zero-order chi connectivity index (χ0) is 13.9. The molecule has 1 atom stereocenters. The summed E-state index contributed by atoms with van der Waals surface area (Å²) in [6.07, 6.45) is 7.94. The van der Waals surface area contributed by atoms with E-state index in [1.54, 1.807) is 0 Å². The molecule has 3 rings (SSSR count). The van der Waals surface area contributed by atoms with E-state index in [1.165, 1.54) is 43.2 Å². The minimum absolute atomic E-state index is 0.575. The first kappa shape index (κ1) is 14.2. The van der Waals surface area contributed by atoms with Crippen molar-refractivity contribution in [1.29, 1.82) is 0 Å². The van der Waals surface area contributed by atoms with E-state index in [-0.39, 0.29) is 0 Å². The number of fused-ring (bicyclic) bond motifs is 1. The van der Waals surface area contributed by atoms with Crippen LogP contribution in [0.2, 0.25) is 5.02 Å². The highest BCUT2D eigenvalue weighted by atomic mass is 35.5. The molecule has 1 N–H and O–H groups in total. The number of hydrogen-bond donors (Lipinski definition) is 1. The molecule has 1 aliphatic heterocycles. The van der Waals surface area contributed by atoms with Gasteiger partial charge in [-0.1, -0.05) is 30.9 Å². The standard InChI is InChI=1S/C17H24ClNO/c1-12(13-5-3-2-4-6-13)19-11-15-10-16(18)9-14-7-8-20-17(14)15/h9-10,12-13,19H,2-8,11H2,1H3/t12-/m1/s1. The fourth-order valence-corrected chi connectivity index (χ4v) is 3.81. The number of nitrogens with one attached hydrogen (secondary N) is 1. The predicted molar refractivity (Wildman–Crippen MR) is 83.5 cm³/mol. The van der Waals surface area contributed by atoms with E-state index in [1.807, 2.05) is 12.1 Å². The number of hydrogen-bond acceptors (Lipinski definition) is 2. The smallest absolute Gasteiger partial charge is 0.127 e. The highest BCUT2D eigenvalue weighted by molar-refractivity contribution is 6.30. The molecule has 0 spiro atoms. The zero-order valence-electron chi connectivity index (χ0n) is 12.3. The van der Waals surface area contributed by atoms with Gasteiger partial charge in [-0.2, -0.15) is 0 Å². The average molecular weight is 294 g/mol. The molecule has 0 bridgehead atoms. The van der Waals surface area contributed by atoms with Crippen molar-refractivity contribution < 1.29 is 4.74 Å². The number of ether oxygens (including phenoxy) is 1. The van der Waals surface area contributed by atoms with Crippen LogP contribution in [0.25, 0.3) is 0 Å². The molecule has 1 heterocycles. The van der Waals surface area contributed by atoms with Crippen molar-refractivity contribution in [2.45, 2.75) is 58.0 Å². The van der Waals surface area contributed by atoms with Gasteiger partial charge >= 0.3 is 0 Å². The van der Waals surface area contributed by atoms with E-state index in [4.69, 9.17) is 16.3 Å². The van der Waals surface area contributed by atoms with Gasteiger partial charge in [-0.15, -0.1) is 0 Å². The molecule has 0 radical (unpaired) electrons. The topological polar surface area (TPSA) is 21.3 Å². The molecule has 110 valence electrons. The van der Waals surface area contributed by atoms with Gasteiger partial charge in [-0.25, -0.2) is 0 Å². The molecule has 2 aliphatic rings. The first-order valence-corrected chi connectivity index (χ1v) is 8.29. The van der Waals surface area contributed by atoms with Gasteiger partial charge in [0, 0.05) is 29.6 Å². The van der Waals surface area contributed by atoms with Gasteiger partial charge in [-0.3, -0.25) is 0 Å². The Morgan fingerprint density at radius 1 is 1.30 bits per heavy atom. The van der Waals surface area contributed by atoms with E-state index in [0.717, 1.165) is 36.3 Å². The van der Waals surface area contributed by atoms with Crippen molar-refractivity contribution in [2.75, 3.05) is 6.61 Å². The van der Waals surface area contributed by atoms with Crippen molar-refractivity contribution in [3.05, 3.63) is 28.3 Å². The van der Waals surface area contributed by atoms with Gasteiger partial charge in [0.15, 0.2) is 0 Å². The van der Waals surface area contributed by atoms with E-state index in [0.29, 0.717) is 6.04 Å². The SMILES string of the molecule is C[C@@H](NCc1cc(Cl)cc2c1OCC2)C1CCCCC1. The highest BCUT2D eigenvalue weighted by Gasteiger charge is 2.21. The summed E-state index contributed by atoms with van der Waals surface area (Å²) in [6.45, 7) is 3.98. The maximum atomic E-state index is 6.21. The van der Waals surface area contributed by atoms with Crippen LogP contribution in [0.1, 0.15) is 50.2 Å². The maximum absolute atomic E-state index is 6.21. The van der Waals surface area contributed by atoms with Crippen LogP contribution in [0, 0.1) is 5.92 Å². The van der Waals surface area contributed by atoms with Crippen LogP contribution in [-0.4, -0.2) is 12.6 Å². The first-order valence-electron chi connectivity index (χ1n) is 7.91. The predicted octanol–water partition coefficient (Wildman–Crippen LogP) is 4.33. The summed E-state index contributed by atoms with van der Waals surface area (Å²) < 4.78 is 5.76. The lowest BCUT2D eigenvalue weighted by molar-refractivity contribution is 0.279. The normalized spacial score (nSPS) is 20.5. The molecule has 1 saturated carbocycles. The molecular formula is C17H24ClNO. The third-order valence-corrected chi connectivity index (χ3v) is 5.01. The maximum Gasteiger partial charge on any atom is 0.127 e. The third kappa shape index (κ3) is 3.12. The first-order chi connectivity index (χ1) is 9.74. The van der Waals surface area contributed by atoms with E-state index in [9.17, 15) is 0 Å². The fraction of sp³-hybridized carbons (Fsp3) is 0.647. The van der Waals surface area contributed by atoms with Gasteiger partial charge in [-0.05, 0) is 43.4 Å². The summed E-state index contributed by atoms with van der Waals surface area (Å²) in [5.74, 6) is 1.90. The van der Waals surface area contributed by atoms with Crippen LogP contribution >= 0.6 is 11.6 Å². The Morgan fingerprint density at radius 2 is 2.10 bits per heavy atom. The molecule has 3 heteroatoms. The Kier molecular flexibility index (Phi) is 4.52. The quantitative estimate of drug-likeness (QED) is 0.892. The van der Waals surface area contributed by atoms with Gasteiger partial charge in [0.25, 0.3) is 0 Å². The summed E-state index contributed by atoms with van der Waals surface area (Å²) >= 11 is 6.21. The number of rotatable bonds is 4. The van der Waals surface area contributed by atoms with Crippen LogP contribution in [-0.2, 0) is 13.0 Å². The summed E-state index contributed by atoms with van der Waals surface area (Å²) in [4.78, 5) is 0. The van der Waals surface area contributed by atoms with Crippen LogP contribution in [0.3, 0.4) is 0 Å². The van der Waals surface area contributed by atoms with Crippen LogP contribution in [0.5, 0.6) is 5.75 Å². The molecule has 0 unspecified atom stereocenters. The Balaban J connectivity index is 1.63. The van der Waals surface area contributed by atoms with E-state index in [2.05, 4.69) is 12.2 Å². The van der Waals surface area contributed by atoms with Crippen molar-refractivity contribution in [2.24, 2.45) is 5.92 Å². The van der Waals surface area contributed by atoms with Crippen LogP contribution in [0.15, 0.2) is 12.1 Å². The summed E-state index contributed by atoms with van der Waals surface area (Å²) in [5, 5.41) is 4.52. The van der Waals surface area contributed by atoms with Gasteiger partial charge < -0.3 is 10.1 Å². The zero-order valence-corrected chi connectivity index (χ0v) is 13.0. The lowest BCUT2D eigenvalue weighted by Gasteiger charge is -2.28. The summed E-state index contributed by atoms with van der Waals surface area (Å²) in [5.41, 5.74) is 2.48. The molecule has 20 heavy (non-hydrogen) atoms. The summed E-state index contributed by atoms with van der Waals surface area (Å²) in [7, 11) is 0. The monoisotopic (exact) mass is 293 g/mol. The molecule has 0 aromatic heterocycles. The second kappa shape index (κ2) is 6.36. The third-order valence-electron chi connectivity index (χ3n) is 4.80. The minimum atomic E-state index is 0.575. The second-order valence-electron chi connectivity index (χ2n) is 6.22. The fourth-order valence-electron chi connectivity index (χ4n) is 3.55. The Morgan fingerprint density at radius 3 is 2.90 bits per heavy atom. The lowest BCUT2D eigenvalue weighted by atomic mass is 9.84. The van der Waals surface area contributed by atoms with Gasteiger partial charge in [0.1, 0.15) is 5.75 Å². The molecule has 1 fully saturated rings. The van der Waals surface area contributed by atoms with Crippen molar-refractivity contribution >= 4 is 11.6 Å². The van der Waals surface area contributed by atoms with E-state index >= 15 is 0 Å². The number of halogens is 1. The largest absolute Gasteiger partial charge is 0.493 e. The van der Waals surface area contributed by atoms with Crippen LogP contribution in [0.4, 0.5) is 0 Å². The Hall–Kier alpha value is -0.730. The number of benzene rings is 1. The Labute approximate surface area is 126 Å². The molecule has 0 amide bonds. The van der Waals surface area contributed by atoms with Crippen molar-refractivity contribution in [1.82, 2.24) is 5.32 Å². The molecule has 0 saturated heterocycles. The molecule has 1 aliphatic carbocycles. The van der Waals surface area contributed by atoms with Gasteiger partial charge in [0.05, 0.1) is 6.61 Å². The minimum Gasteiger partial charge on any atom is -0.493 e. The lowest BCUT2D eigenvalue weighted by Crippen LogP contribution is -2.34. The molecular weight excluding hydrogens is 270 g/mol. The Bertz CT molecular complexity index is 468.